The standard InChI is InChI=1S/C14H16Cl2N2O2/c1-18(9-7-15)8-2-3-10-20-14(19)17-13-6-4-5-12(16)11-13/h4-6,11H,7-10H2,1H3,(H,17,19). The summed E-state index contributed by atoms with van der Waals surface area (Å²) in [5.41, 5.74) is 0.581. The molecule has 1 aromatic rings. The number of halogens is 2. The molecule has 20 heavy (non-hydrogen) atoms. The predicted octanol–water partition coefficient (Wildman–Crippen LogP) is 3.06. The van der Waals surface area contributed by atoms with Crippen molar-refractivity contribution in [2.75, 3.05) is 37.9 Å². The van der Waals surface area contributed by atoms with E-state index in [-0.39, 0.29) is 6.61 Å². The zero-order valence-electron chi connectivity index (χ0n) is 11.2. The number of nitrogens with one attached hydrogen (secondary N) is 1. The van der Waals surface area contributed by atoms with Crippen LogP contribution in [-0.2, 0) is 4.74 Å². The van der Waals surface area contributed by atoms with Gasteiger partial charge in [-0.1, -0.05) is 29.5 Å². The molecule has 0 spiro atoms. The summed E-state index contributed by atoms with van der Waals surface area (Å²) in [4.78, 5) is 13.4. The topological polar surface area (TPSA) is 41.6 Å². The van der Waals surface area contributed by atoms with E-state index in [1.54, 1.807) is 24.3 Å². The first kappa shape index (κ1) is 16.6. The molecule has 0 heterocycles. The lowest BCUT2D eigenvalue weighted by atomic mass is 10.3. The van der Waals surface area contributed by atoms with Gasteiger partial charge in [0, 0.05) is 23.1 Å². The van der Waals surface area contributed by atoms with E-state index in [0.717, 1.165) is 6.54 Å². The van der Waals surface area contributed by atoms with Crippen LogP contribution in [0.15, 0.2) is 24.3 Å². The predicted molar refractivity (Wildman–Crippen MR) is 82.4 cm³/mol. The molecule has 1 amide bonds. The molecule has 0 saturated heterocycles. The number of anilines is 1. The molecule has 0 aliphatic rings. The third-order valence-electron chi connectivity index (χ3n) is 2.29. The van der Waals surface area contributed by atoms with Gasteiger partial charge in [-0.05, 0) is 25.2 Å². The largest absolute Gasteiger partial charge is 0.436 e. The fourth-order valence-electron chi connectivity index (χ4n) is 1.29. The molecule has 0 atom stereocenters. The highest BCUT2D eigenvalue weighted by atomic mass is 35.5. The molecule has 1 N–H and O–H groups in total. The summed E-state index contributed by atoms with van der Waals surface area (Å²) < 4.78 is 4.92. The fourth-order valence-corrected chi connectivity index (χ4v) is 1.77. The Bertz CT molecular complexity index is 497. The highest BCUT2D eigenvalue weighted by Crippen LogP contribution is 2.14. The van der Waals surface area contributed by atoms with Crippen LogP contribution in [0.25, 0.3) is 0 Å². The number of alkyl halides is 1. The molecule has 6 heteroatoms. The first-order chi connectivity index (χ1) is 9.61. The van der Waals surface area contributed by atoms with E-state index in [4.69, 9.17) is 27.9 Å². The average Bonchev–Trinajstić information content (AvgIpc) is 2.38. The molecule has 0 aliphatic heterocycles. The van der Waals surface area contributed by atoms with Gasteiger partial charge in [-0.25, -0.2) is 4.79 Å². The van der Waals surface area contributed by atoms with E-state index in [0.29, 0.717) is 23.1 Å². The molecule has 0 bridgehead atoms. The van der Waals surface area contributed by atoms with Crippen molar-refractivity contribution in [3.05, 3.63) is 29.3 Å². The number of nitrogens with zero attached hydrogens (tertiary/aromatic N) is 1. The SMILES string of the molecule is CN(CC#CCOC(=O)Nc1cccc(Cl)c1)CCCl. The normalized spacial score (nSPS) is 9.80. The number of carbonyl (C=O) groups excluding carboxylic acids is 1. The van der Waals surface area contributed by atoms with Crippen LogP contribution < -0.4 is 5.32 Å². The van der Waals surface area contributed by atoms with E-state index < -0.39 is 6.09 Å². The zero-order chi connectivity index (χ0) is 14.8. The monoisotopic (exact) mass is 314 g/mol. The van der Waals surface area contributed by atoms with Crippen LogP contribution in [0.5, 0.6) is 0 Å². The van der Waals surface area contributed by atoms with E-state index >= 15 is 0 Å². The van der Waals surface area contributed by atoms with Crippen LogP contribution in [0.1, 0.15) is 0 Å². The summed E-state index contributed by atoms with van der Waals surface area (Å²) in [5.74, 6) is 6.21. The van der Waals surface area contributed by atoms with Crippen molar-refractivity contribution in [2.45, 2.75) is 0 Å². The number of rotatable bonds is 5. The highest BCUT2D eigenvalue weighted by molar-refractivity contribution is 6.30. The fraction of sp³-hybridized carbons (Fsp3) is 0.357. The van der Waals surface area contributed by atoms with Crippen molar-refractivity contribution in [1.29, 1.82) is 0 Å². The number of ether oxygens (including phenoxy) is 1. The highest BCUT2D eigenvalue weighted by Gasteiger charge is 2.01. The minimum atomic E-state index is -0.560. The Kier molecular flexibility index (Phi) is 7.89. The number of benzene rings is 1. The maximum absolute atomic E-state index is 11.5. The minimum absolute atomic E-state index is 0.0428. The van der Waals surface area contributed by atoms with Gasteiger partial charge in [-0.3, -0.25) is 10.2 Å². The Morgan fingerprint density at radius 2 is 2.25 bits per heavy atom. The van der Waals surface area contributed by atoms with Crippen molar-refractivity contribution in [2.24, 2.45) is 0 Å². The van der Waals surface area contributed by atoms with E-state index in [9.17, 15) is 4.79 Å². The molecule has 1 aromatic carbocycles. The molecule has 0 radical (unpaired) electrons. The maximum atomic E-state index is 11.5. The van der Waals surface area contributed by atoms with Gasteiger partial charge in [-0.15, -0.1) is 11.6 Å². The number of hydrogen-bond donors (Lipinski definition) is 1. The third kappa shape index (κ3) is 7.25. The van der Waals surface area contributed by atoms with Crippen molar-refractivity contribution >= 4 is 35.0 Å². The first-order valence-electron chi connectivity index (χ1n) is 6.01. The molecule has 0 aliphatic carbocycles. The quantitative estimate of drug-likeness (QED) is 0.671. The Hall–Kier alpha value is -1.41. The minimum Gasteiger partial charge on any atom is -0.436 e. The molecular weight excluding hydrogens is 299 g/mol. The molecule has 108 valence electrons. The Balaban J connectivity index is 2.25. The Morgan fingerprint density at radius 1 is 1.45 bits per heavy atom. The summed E-state index contributed by atoms with van der Waals surface area (Å²) in [5, 5.41) is 3.11. The van der Waals surface area contributed by atoms with Crippen molar-refractivity contribution in [3.63, 3.8) is 0 Å². The summed E-state index contributed by atoms with van der Waals surface area (Å²) in [6.45, 7) is 1.40. The average molecular weight is 315 g/mol. The molecule has 0 aromatic heterocycles. The van der Waals surface area contributed by atoms with Gasteiger partial charge < -0.3 is 4.74 Å². The van der Waals surface area contributed by atoms with Crippen LogP contribution in [0.3, 0.4) is 0 Å². The molecule has 4 nitrogen and oxygen atoms in total. The lowest BCUT2D eigenvalue weighted by Gasteiger charge is -2.09. The van der Waals surface area contributed by atoms with Gasteiger partial charge in [-0.2, -0.15) is 0 Å². The van der Waals surface area contributed by atoms with E-state index in [1.165, 1.54) is 0 Å². The molecule has 0 saturated carbocycles. The first-order valence-corrected chi connectivity index (χ1v) is 6.92. The summed E-state index contributed by atoms with van der Waals surface area (Å²) >= 11 is 11.4. The van der Waals surface area contributed by atoms with Gasteiger partial charge in [0.1, 0.15) is 0 Å². The Morgan fingerprint density at radius 3 is 2.95 bits per heavy atom. The van der Waals surface area contributed by atoms with E-state index in [1.807, 2.05) is 11.9 Å². The molecule has 1 rings (SSSR count). The molecule has 0 unspecified atom stereocenters. The van der Waals surface area contributed by atoms with Crippen LogP contribution in [0.4, 0.5) is 10.5 Å². The number of amides is 1. The maximum Gasteiger partial charge on any atom is 0.412 e. The summed E-state index contributed by atoms with van der Waals surface area (Å²) in [7, 11) is 1.92. The van der Waals surface area contributed by atoms with Crippen molar-refractivity contribution in [3.8, 4) is 11.8 Å². The van der Waals surface area contributed by atoms with Crippen LogP contribution in [0, 0.1) is 11.8 Å². The molecular formula is C14H16Cl2N2O2. The van der Waals surface area contributed by atoms with Crippen LogP contribution >= 0.6 is 23.2 Å². The second-order valence-electron chi connectivity index (χ2n) is 3.99. The zero-order valence-corrected chi connectivity index (χ0v) is 12.7. The van der Waals surface area contributed by atoms with Gasteiger partial charge in [0.15, 0.2) is 6.61 Å². The van der Waals surface area contributed by atoms with Crippen molar-refractivity contribution < 1.29 is 9.53 Å². The lowest BCUT2D eigenvalue weighted by Crippen LogP contribution is -2.20. The number of hydrogen-bond acceptors (Lipinski definition) is 3. The van der Waals surface area contributed by atoms with Gasteiger partial charge >= 0.3 is 6.09 Å². The van der Waals surface area contributed by atoms with Crippen LogP contribution in [0.2, 0.25) is 5.02 Å². The smallest absolute Gasteiger partial charge is 0.412 e. The van der Waals surface area contributed by atoms with Gasteiger partial charge in [0.05, 0.1) is 6.54 Å². The van der Waals surface area contributed by atoms with Gasteiger partial charge in [0.25, 0.3) is 0 Å². The summed E-state index contributed by atoms with van der Waals surface area (Å²) in [6, 6.07) is 6.82. The lowest BCUT2D eigenvalue weighted by molar-refractivity contribution is 0.176. The summed E-state index contributed by atoms with van der Waals surface area (Å²) in [6.07, 6.45) is -0.560. The Labute approximate surface area is 129 Å². The third-order valence-corrected chi connectivity index (χ3v) is 2.69. The molecule has 0 fully saturated rings. The second kappa shape index (κ2) is 9.49. The van der Waals surface area contributed by atoms with Gasteiger partial charge in [0.2, 0.25) is 0 Å². The van der Waals surface area contributed by atoms with Crippen LogP contribution in [-0.4, -0.2) is 43.6 Å². The van der Waals surface area contributed by atoms with Crippen molar-refractivity contribution in [1.82, 2.24) is 4.90 Å². The number of carbonyl (C=O) groups is 1. The van der Waals surface area contributed by atoms with E-state index in [2.05, 4.69) is 17.2 Å². The second-order valence-corrected chi connectivity index (χ2v) is 4.81.